The third-order valence-corrected chi connectivity index (χ3v) is 3.62. The Bertz CT molecular complexity index is 723. The summed E-state index contributed by atoms with van der Waals surface area (Å²) in [7, 11) is 0. The van der Waals surface area contributed by atoms with E-state index in [-0.39, 0.29) is 33.0 Å². The average Bonchev–Trinajstić information content (AvgIpc) is 2.43. The Morgan fingerprint density at radius 3 is 2.52 bits per heavy atom. The Morgan fingerprint density at radius 1 is 1.19 bits per heavy atom. The van der Waals surface area contributed by atoms with Gasteiger partial charge in [-0.05, 0) is 35.7 Å². The van der Waals surface area contributed by atoms with Crippen molar-refractivity contribution in [1.29, 1.82) is 5.26 Å². The SMILES string of the molecule is CC(C)c1cc(F)cc(Oc2c(Cl)ccc(C#N)c2Cl)c1. The zero-order chi connectivity index (χ0) is 15.6. The molecule has 2 rings (SSSR count). The number of rotatable bonds is 3. The first-order chi connectivity index (χ1) is 9.92. The van der Waals surface area contributed by atoms with Crippen molar-refractivity contribution >= 4 is 23.2 Å². The lowest BCUT2D eigenvalue weighted by Gasteiger charge is -2.13. The minimum Gasteiger partial charge on any atom is -0.454 e. The van der Waals surface area contributed by atoms with Crippen LogP contribution in [-0.2, 0) is 0 Å². The molecule has 0 heterocycles. The molecule has 0 N–H and O–H groups in total. The van der Waals surface area contributed by atoms with E-state index in [9.17, 15) is 4.39 Å². The fourth-order valence-corrected chi connectivity index (χ4v) is 2.30. The average molecular weight is 324 g/mol. The van der Waals surface area contributed by atoms with Gasteiger partial charge in [0.1, 0.15) is 22.7 Å². The molecule has 2 aromatic rings. The van der Waals surface area contributed by atoms with Gasteiger partial charge in [-0.15, -0.1) is 0 Å². The molecule has 0 amide bonds. The summed E-state index contributed by atoms with van der Waals surface area (Å²) >= 11 is 12.1. The van der Waals surface area contributed by atoms with Gasteiger partial charge < -0.3 is 4.74 Å². The van der Waals surface area contributed by atoms with E-state index < -0.39 is 5.82 Å². The maximum atomic E-state index is 13.6. The standard InChI is InChI=1S/C16H12Cl2FNO/c1-9(2)11-5-12(19)7-13(6-11)21-16-14(17)4-3-10(8-20)15(16)18/h3-7,9H,1-2H3. The Kier molecular flexibility index (Phi) is 4.72. The topological polar surface area (TPSA) is 33.0 Å². The zero-order valence-corrected chi connectivity index (χ0v) is 13.0. The molecule has 0 aliphatic carbocycles. The van der Waals surface area contributed by atoms with Gasteiger partial charge in [0.05, 0.1) is 10.6 Å². The summed E-state index contributed by atoms with van der Waals surface area (Å²) in [5.41, 5.74) is 1.05. The van der Waals surface area contributed by atoms with E-state index >= 15 is 0 Å². The normalized spacial score (nSPS) is 10.5. The van der Waals surface area contributed by atoms with E-state index in [1.54, 1.807) is 6.07 Å². The van der Waals surface area contributed by atoms with E-state index in [0.717, 1.165) is 5.56 Å². The summed E-state index contributed by atoms with van der Waals surface area (Å²) in [6.45, 7) is 3.91. The van der Waals surface area contributed by atoms with Gasteiger partial charge in [-0.25, -0.2) is 4.39 Å². The molecule has 0 saturated carbocycles. The van der Waals surface area contributed by atoms with Crippen LogP contribution in [0.3, 0.4) is 0 Å². The molecule has 0 radical (unpaired) electrons. The number of ether oxygens (including phenoxy) is 1. The highest BCUT2D eigenvalue weighted by molar-refractivity contribution is 6.37. The maximum Gasteiger partial charge on any atom is 0.165 e. The smallest absolute Gasteiger partial charge is 0.165 e. The Morgan fingerprint density at radius 2 is 1.90 bits per heavy atom. The van der Waals surface area contributed by atoms with Crippen LogP contribution >= 0.6 is 23.2 Å². The molecule has 0 aromatic heterocycles. The number of nitriles is 1. The van der Waals surface area contributed by atoms with Crippen molar-refractivity contribution in [1.82, 2.24) is 0 Å². The quantitative estimate of drug-likeness (QED) is 0.702. The summed E-state index contributed by atoms with van der Waals surface area (Å²) in [6, 6.07) is 9.39. The van der Waals surface area contributed by atoms with Crippen molar-refractivity contribution in [2.75, 3.05) is 0 Å². The molecular weight excluding hydrogens is 312 g/mol. The molecule has 0 aliphatic heterocycles. The van der Waals surface area contributed by atoms with E-state index in [2.05, 4.69) is 0 Å². The Hall–Kier alpha value is -1.76. The summed E-state index contributed by atoms with van der Waals surface area (Å²) in [6.07, 6.45) is 0. The third kappa shape index (κ3) is 3.47. The van der Waals surface area contributed by atoms with Crippen LogP contribution < -0.4 is 4.74 Å². The summed E-state index contributed by atoms with van der Waals surface area (Å²) < 4.78 is 19.2. The van der Waals surface area contributed by atoms with Crippen molar-refractivity contribution in [3.8, 4) is 17.6 Å². The van der Waals surface area contributed by atoms with E-state index in [0.29, 0.717) is 0 Å². The molecule has 2 aromatic carbocycles. The summed E-state index contributed by atoms with van der Waals surface area (Å²) in [4.78, 5) is 0. The van der Waals surface area contributed by atoms with Crippen LogP contribution in [0.1, 0.15) is 30.9 Å². The van der Waals surface area contributed by atoms with Crippen LogP contribution in [0.4, 0.5) is 4.39 Å². The number of nitrogens with zero attached hydrogens (tertiary/aromatic N) is 1. The van der Waals surface area contributed by atoms with Crippen molar-refractivity contribution in [3.05, 3.63) is 57.3 Å². The predicted molar refractivity (Wildman–Crippen MR) is 81.7 cm³/mol. The molecule has 0 bridgehead atoms. The van der Waals surface area contributed by atoms with Gasteiger partial charge in [-0.3, -0.25) is 0 Å². The maximum absolute atomic E-state index is 13.6. The minimum atomic E-state index is -0.403. The third-order valence-electron chi connectivity index (χ3n) is 2.95. The van der Waals surface area contributed by atoms with Crippen molar-refractivity contribution in [3.63, 3.8) is 0 Å². The van der Waals surface area contributed by atoms with Gasteiger partial charge >= 0.3 is 0 Å². The van der Waals surface area contributed by atoms with Gasteiger partial charge in [-0.2, -0.15) is 5.26 Å². The number of benzene rings is 2. The number of halogens is 3. The molecular formula is C16H12Cl2FNO. The minimum absolute atomic E-state index is 0.111. The highest BCUT2D eigenvalue weighted by Gasteiger charge is 2.14. The second kappa shape index (κ2) is 6.34. The molecule has 0 unspecified atom stereocenters. The monoisotopic (exact) mass is 323 g/mol. The largest absolute Gasteiger partial charge is 0.454 e. The molecule has 2 nitrogen and oxygen atoms in total. The van der Waals surface area contributed by atoms with E-state index in [1.807, 2.05) is 19.9 Å². The number of hydrogen-bond donors (Lipinski definition) is 0. The highest BCUT2D eigenvalue weighted by Crippen LogP contribution is 2.39. The molecule has 0 fully saturated rings. The highest BCUT2D eigenvalue weighted by atomic mass is 35.5. The van der Waals surface area contributed by atoms with E-state index in [1.165, 1.54) is 24.3 Å². The first-order valence-electron chi connectivity index (χ1n) is 6.28. The number of hydrogen-bond acceptors (Lipinski definition) is 2. The Labute approximate surface area is 132 Å². The lowest BCUT2D eigenvalue weighted by atomic mass is 10.0. The van der Waals surface area contributed by atoms with Crippen LogP contribution in [0.25, 0.3) is 0 Å². The van der Waals surface area contributed by atoms with Gasteiger partial charge in [0.2, 0.25) is 0 Å². The molecule has 108 valence electrons. The zero-order valence-electron chi connectivity index (χ0n) is 11.5. The van der Waals surface area contributed by atoms with Gasteiger partial charge in [0, 0.05) is 6.07 Å². The molecule has 0 aliphatic rings. The summed E-state index contributed by atoms with van der Waals surface area (Å²) in [5, 5.41) is 9.34. The van der Waals surface area contributed by atoms with E-state index in [4.69, 9.17) is 33.2 Å². The van der Waals surface area contributed by atoms with Crippen LogP contribution in [0, 0.1) is 17.1 Å². The fourth-order valence-electron chi connectivity index (χ4n) is 1.81. The molecule has 0 atom stereocenters. The van der Waals surface area contributed by atoms with Gasteiger partial charge in [0.25, 0.3) is 0 Å². The van der Waals surface area contributed by atoms with Crippen LogP contribution in [0.15, 0.2) is 30.3 Å². The first kappa shape index (κ1) is 15.6. The van der Waals surface area contributed by atoms with Crippen LogP contribution in [-0.4, -0.2) is 0 Å². The Balaban J connectivity index is 2.46. The molecule has 5 heteroatoms. The second-order valence-corrected chi connectivity index (χ2v) is 5.61. The van der Waals surface area contributed by atoms with Crippen molar-refractivity contribution in [2.24, 2.45) is 0 Å². The van der Waals surface area contributed by atoms with Crippen LogP contribution in [0.2, 0.25) is 10.0 Å². The lowest BCUT2D eigenvalue weighted by molar-refractivity contribution is 0.475. The van der Waals surface area contributed by atoms with Gasteiger partial charge in [0.15, 0.2) is 5.75 Å². The van der Waals surface area contributed by atoms with Crippen molar-refractivity contribution in [2.45, 2.75) is 19.8 Å². The lowest BCUT2D eigenvalue weighted by Crippen LogP contribution is -1.94. The summed E-state index contributed by atoms with van der Waals surface area (Å²) in [5.74, 6) is 0.189. The second-order valence-electron chi connectivity index (χ2n) is 4.83. The predicted octanol–water partition coefficient (Wildman–Crippen LogP) is 5.92. The molecule has 0 saturated heterocycles. The molecule has 21 heavy (non-hydrogen) atoms. The van der Waals surface area contributed by atoms with Crippen LogP contribution in [0.5, 0.6) is 11.5 Å². The first-order valence-corrected chi connectivity index (χ1v) is 7.04. The fraction of sp³-hybridized carbons (Fsp3) is 0.188. The molecule has 0 spiro atoms. The van der Waals surface area contributed by atoms with Gasteiger partial charge in [-0.1, -0.05) is 37.0 Å². The van der Waals surface area contributed by atoms with Crippen molar-refractivity contribution < 1.29 is 9.13 Å².